The number of ether oxygens (including phenoxy) is 1. The van der Waals surface area contributed by atoms with Crippen molar-refractivity contribution < 1.29 is 19.4 Å². The summed E-state index contributed by atoms with van der Waals surface area (Å²) in [5.41, 5.74) is 15.1. The fourth-order valence-corrected chi connectivity index (χ4v) is 5.03. The van der Waals surface area contributed by atoms with Crippen molar-refractivity contribution in [3.05, 3.63) is 16.0 Å². The molecule has 26 heavy (non-hydrogen) atoms. The van der Waals surface area contributed by atoms with E-state index in [2.05, 4.69) is 30.8 Å². The lowest BCUT2D eigenvalue weighted by atomic mass is 9.84. The van der Waals surface area contributed by atoms with Gasteiger partial charge in [0, 0.05) is 6.42 Å². The molecule has 0 bridgehead atoms. The van der Waals surface area contributed by atoms with Gasteiger partial charge in [0.1, 0.15) is 24.5 Å². The molecular weight excluding hydrogens is 350 g/mol. The van der Waals surface area contributed by atoms with E-state index in [4.69, 9.17) is 16.2 Å². The Morgan fingerprint density at radius 2 is 2.00 bits per heavy atom. The summed E-state index contributed by atoms with van der Waals surface area (Å²) in [6.07, 6.45) is 0.913. The second-order valence-corrected chi connectivity index (χ2v) is 8.98. The first kappa shape index (κ1) is 17.5. The van der Waals surface area contributed by atoms with Crippen LogP contribution >= 0.6 is 11.3 Å². The van der Waals surface area contributed by atoms with Crippen LogP contribution in [0.1, 0.15) is 34.6 Å². The number of hydrogen-bond acceptors (Lipinski definition) is 5. The first-order valence-electron chi connectivity index (χ1n) is 9.04. The van der Waals surface area contributed by atoms with Crippen LogP contribution in [0.25, 0.3) is 10.2 Å². The lowest BCUT2D eigenvalue weighted by molar-refractivity contribution is -0.945. The first-order valence-corrected chi connectivity index (χ1v) is 9.85. The van der Waals surface area contributed by atoms with Crippen molar-refractivity contribution in [1.82, 2.24) is 0 Å². The molecule has 6 N–H and O–H groups in total. The molecule has 0 spiro atoms. The molecule has 0 aliphatic carbocycles. The van der Waals surface area contributed by atoms with Crippen LogP contribution in [0.15, 0.2) is 0 Å². The Kier molecular flexibility index (Phi) is 4.09. The van der Waals surface area contributed by atoms with Crippen molar-refractivity contribution in [1.29, 1.82) is 0 Å². The molecule has 1 amide bonds. The standard InChI is InChI=1S/C18H25N5O2S/c1-18(2)8-10-11(9-22(18)3)16(23-4-6-25-7-5-23)21-17-12(10)13(19)14(26-17)15(20)24/h4-9,19H2,1-3H3,(H2,20,24)/p+2. The van der Waals surface area contributed by atoms with E-state index >= 15 is 0 Å². The molecule has 1 atom stereocenters. The number of nitrogens with zero attached hydrogens (tertiary/aromatic N) is 1. The van der Waals surface area contributed by atoms with Crippen molar-refractivity contribution in [3.8, 4) is 0 Å². The van der Waals surface area contributed by atoms with Gasteiger partial charge in [-0.05, 0) is 19.4 Å². The fourth-order valence-electron chi connectivity index (χ4n) is 4.03. The average molecular weight is 378 g/mol. The Morgan fingerprint density at radius 1 is 1.31 bits per heavy atom. The van der Waals surface area contributed by atoms with Crippen LogP contribution in [0.4, 0.5) is 11.5 Å². The highest BCUT2D eigenvalue weighted by Gasteiger charge is 2.41. The number of likely N-dealkylation sites (N-methyl/N-ethyl adjacent to an activating group) is 1. The van der Waals surface area contributed by atoms with Crippen LogP contribution in [0.3, 0.4) is 0 Å². The summed E-state index contributed by atoms with van der Waals surface area (Å²) >= 11 is 1.36. The number of fused-ring (bicyclic) bond motifs is 3. The molecule has 1 unspecified atom stereocenters. The Bertz CT molecular complexity index is 886. The quantitative estimate of drug-likeness (QED) is 0.662. The Labute approximate surface area is 156 Å². The molecule has 1 fully saturated rings. The molecule has 4 rings (SSSR count). The molecule has 1 saturated heterocycles. The number of carbonyl (C=O) groups is 1. The molecular formula is C18H27N5O2S+2. The molecule has 2 aliphatic rings. The number of carbonyl (C=O) groups excluding carboxylic acids is 1. The van der Waals surface area contributed by atoms with Crippen LogP contribution in [0.2, 0.25) is 0 Å². The van der Waals surface area contributed by atoms with E-state index in [0.29, 0.717) is 10.6 Å². The molecule has 8 heteroatoms. The molecule has 2 aromatic rings. The maximum atomic E-state index is 11.8. The predicted molar refractivity (Wildman–Crippen MR) is 103 cm³/mol. The summed E-state index contributed by atoms with van der Waals surface area (Å²) < 4.78 is 5.52. The number of amides is 1. The number of thiophene rings is 1. The molecule has 2 aliphatic heterocycles. The SMILES string of the molecule is C[NH+]1Cc2c(N3CCOCC3)[nH+]c3sc(C(N)=O)c(N)c3c2CC1(C)C. The molecule has 2 aromatic heterocycles. The molecule has 0 saturated carbocycles. The van der Waals surface area contributed by atoms with Gasteiger partial charge in [0.05, 0.1) is 42.4 Å². The number of nitrogens with one attached hydrogen (secondary N) is 2. The van der Waals surface area contributed by atoms with E-state index in [-0.39, 0.29) is 5.54 Å². The number of H-pyrrole nitrogens is 1. The smallest absolute Gasteiger partial charge is 0.284 e. The Morgan fingerprint density at radius 3 is 2.65 bits per heavy atom. The zero-order valence-corrected chi connectivity index (χ0v) is 16.4. The summed E-state index contributed by atoms with van der Waals surface area (Å²) in [6.45, 7) is 8.66. The van der Waals surface area contributed by atoms with Crippen molar-refractivity contribution in [2.24, 2.45) is 5.73 Å². The third kappa shape index (κ3) is 2.64. The number of nitrogens with two attached hydrogens (primary N) is 2. The molecule has 140 valence electrons. The minimum Gasteiger partial charge on any atom is -0.397 e. The highest BCUT2D eigenvalue weighted by molar-refractivity contribution is 7.20. The van der Waals surface area contributed by atoms with Gasteiger partial charge in [-0.1, -0.05) is 11.3 Å². The second-order valence-electron chi connectivity index (χ2n) is 7.96. The topological polar surface area (TPSA) is 100 Å². The predicted octanol–water partition coefficient (Wildman–Crippen LogP) is -0.417. The largest absolute Gasteiger partial charge is 0.397 e. The van der Waals surface area contributed by atoms with Gasteiger partial charge in [-0.25, -0.2) is 4.98 Å². The van der Waals surface area contributed by atoms with Crippen LogP contribution < -0.4 is 26.3 Å². The average Bonchev–Trinajstić information content (AvgIpc) is 2.93. The lowest BCUT2D eigenvalue weighted by Gasteiger charge is -2.38. The Balaban J connectivity index is 1.98. The third-order valence-corrected chi connectivity index (χ3v) is 7.03. The molecule has 4 heterocycles. The normalized spacial score (nSPS) is 22.4. The zero-order valence-electron chi connectivity index (χ0n) is 15.6. The fraction of sp³-hybridized carbons (Fsp3) is 0.556. The summed E-state index contributed by atoms with van der Waals surface area (Å²) in [5, 5.41) is 0.983. The number of primary amides is 1. The van der Waals surface area contributed by atoms with Crippen molar-refractivity contribution in [3.63, 3.8) is 0 Å². The van der Waals surface area contributed by atoms with Crippen molar-refractivity contribution >= 4 is 39.0 Å². The summed E-state index contributed by atoms with van der Waals surface area (Å²) in [7, 11) is 2.24. The van der Waals surface area contributed by atoms with Gasteiger partial charge in [-0.15, -0.1) is 0 Å². The molecule has 7 nitrogen and oxygen atoms in total. The van der Waals surface area contributed by atoms with Crippen molar-refractivity contribution in [2.75, 3.05) is 44.0 Å². The van der Waals surface area contributed by atoms with Gasteiger partial charge in [-0.2, -0.15) is 0 Å². The summed E-state index contributed by atoms with van der Waals surface area (Å²) in [6, 6.07) is 0. The maximum absolute atomic E-state index is 11.8. The second kappa shape index (κ2) is 6.07. The van der Waals surface area contributed by atoms with E-state index in [0.717, 1.165) is 55.3 Å². The van der Waals surface area contributed by atoms with Gasteiger partial charge >= 0.3 is 0 Å². The van der Waals surface area contributed by atoms with Crippen molar-refractivity contribution in [2.45, 2.75) is 32.4 Å². The maximum Gasteiger partial charge on any atom is 0.284 e. The Hall–Kier alpha value is -1.90. The number of anilines is 2. The number of morpholine rings is 1. The highest BCUT2D eigenvalue weighted by Crippen LogP contribution is 2.39. The van der Waals surface area contributed by atoms with Crippen LogP contribution in [-0.4, -0.2) is 44.8 Å². The third-order valence-electron chi connectivity index (χ3n) is 5.90. The highest BCUT2D eigenvalue weighted by atomic mass is 32.1. The molecule has 0 aromatic carbocycles. The van der Waals surface area contributed by atoms with E-state index in [9.17, 15) is 4.79 Å². The molecule has 0 radical (unpaired) electrons. The number of rotatable bonds is 2. The van der Waals surface area contributed by atoms with Gasteiger partial charge in [-0.3, -0.25) is 9.69 Å². The van der Waals surface area contributed by atoms with E-state index in [1.165, 1.54) is 27.4 Å². The van der Waals surface area contributed by atoms with Gasteiger partial charge in [0.2, 0.25) is 0 Å². The van der Waals surface area contributed by atoms with Gasteiger partial charge < -0.3 is 21.1 Å². The van der Waals surface area contributed by atoms with Crippen LogP contribution in [0.5, 0.6) is 0 Å². The van der Waals surface area contributed by atoms with Crippen LogP contribution in [0, 0.1) is 0 Å². The number of aromatic nitrogens is 1. The first-order chi connectivity index (χ1) is 12.3. The zero-order chi connectivity index (χ0) is 18.6. The summed E-state index contributed by atoms with van der Waals surface area (Å²) in [4.78, 5) is 20.6. The number of quaternary nitrogens is 1. The van der Waals surface area contributed by atoms with Gasteiger partial charge in [0.15, 0.2) is 4.83 Å². The van der Waals surface area contributed by atoms with E-state index < -0.39 is 5.91 Å². The number of hydrogen-bond donors (Lipinski definition) is 3. The summed E-state index contributed by atoms with van der Waals surface area (Å²) in [5.74, 6) is 0.680. The number of pyridine rings is 1. The minimum atomic E-state index is -0.461. The monoisotopic (exact) mass is 377 g/mol. The lowest BCUT2D eigenvalue weighted by Crippen LogP contribution is -3.16. The van der Waals surface area contributed by atoms with E-state index in [1.807, 2.05) is 0 Å². The van der Waals surface area contributed by atoms with E-state index in [1.54, 1.807) is 0 Å². The van der Waals surface area contributed by atoms with Gasteiger partial charge in [0.25, 0.3) is 11.7 Å². The number of aromatic amines is 1. The minimum absolute atomic E-state index is 0.102. The van der Waals surface area contributed by atoms with Crippen LogP contribution in [-0.2, 0) is 17.7 Å². The number of nitrogen functional groups attached to an aromatic ring is 1.